The fourth-order valence-electron chi connectivity index (χ4n) is 1.63. The maximum Gasteiger partial charge on any atom is 0.0450 e. The highest BCUT2D eigenvalue weighted by Crippen LogP contribution is 2.23. The van der Waals surface area contributed by atoms with Crippen LogP contribution in [0.5, 0.6) is 0 Å². The standard InChI is InChI=1S/C13H14N2/c1-10-13(7-4-8-15-10)11-5-3-6-12(9-11)14-2/h3-9,14H,1-2H3. The summed E-state index contributed by atoms with van der Waals surface area (Å²) in [6.45, 7) is 2.03. The van der Waals surface area contributed by atoms with Gasteiger partial charge in [-0.3, -0.25) is 4.98 Å². The van der Waals surface area contributed by atoms with Gasteiger partial charge in [-0.05, 0) is 30.7 Å². The van der Waals surface area contributed by atoms with Gasteiger partial charge in [-0.2, -0.15) is 0 Å². The number of rotatable bonds is 2. The van der Waals surface area contributed by atoms with Gasteiger partial charge in [0.1, 0.15) is 0 Å². The van der Waals surface area contributed by atoms with E-state index in [-0.39, 0.29) is 0 Å². The Bertz CT molecular complexity index is 464. The third-order valence-corrected chi connectivity index (χ3v) is 2.47. The minimum atomic E-state index is 1.06. The van der Waals surface area contributed by atoms with Crippen molar-refractivity contribution in [2.75, 3.05) is 12.4 Å². The highest BCUT2D eigenvalue weighted by molar-refractivity contribution is 5.69. The number of pyridine rings is 1. The number of aromatic nitrogens is 1. The van der Waals surface area contributed by atoms with Crippen LogP contribution in [0.3, 0.4) is 0 Å². The van der Waals surface area contributed by atoms with Crippen LogP contribution in [0.4, 0.5) is 5.69 Å². The molecule has 2 aromatic rings. The second-order valence-corrected chi connectivity index (χ2v) is 3.47. The first-order chi connectivity index (χ1) is 7.31. The van der Waals surface area contributed by atoms with Crippen molar-refractivity contribution in [3.63, 3.8) is 0 Å². The zero-order valence-electron chi connectivity index (χ0n) is 8.99. The third-order valence-electron chi connectivity index (χ3n) is 2.47. The Hall–Kier alpha value is -1.83. The molecule has 0 aliphatic rings. The Morgan fingerprint density at radius 2 is 2.00 bits per heavy atom. The molecule has 0 atom stereocenters. The Balaban J connectivity index is 2.49. The lowest BCUT2D eigenvalue weighted by Crippen LogP contribution is -1.90. The van der Waals surface area contributed by atoms with Crippen molar-refractivity contribution in [2.45, 2.75) is 6.92 Å². The normalized spacial score (nSPS) is 10.0. The summed E-state index contributed by atoms with van der Waals surface area (Å²) in [5.74, 6) is 0. The van der Waals surface area contributed by atoms with Gasteiger partial charge in [0.05, 0.1) is 0 Å². The van der Waals surface area contributed by atoms with Crippen LogP contribution in [0, 0.1) is 6.92 Å². The van der Waals surface area contributed by atoms with Gasteiger partial charge in [0, 0.05) is 30.2 Å². The molecule has 0 spiro atoms. The van der Waals surface area contributed by atoms with Crippen LogP contribution in [0.15, 0.2) is 42.6 Å². The molecule has 0 fully saturated rings. The molecule has 0 saturated carbocycles. The van der Waals surface area contributed by atoms with E-state index in [2.05, 4.69) is 34.6 Å². The topological polar surface area (TPSA) is 24.9 Å². The van der Waals surface area contributed by atoms with Crippen LogP contribution in [-0.2, 0) is 0 Å². The molecule has 2 rings (SSSR count). The highest BCUT2D eigenvalue weighted by atomic mass is 14.8. The van der Waals surface area contributed by atoms with E-state index in [0.717, 1.165) is 11.4 Å². The molecule has 0 bridgehead atoms. The third kappa shape index (κ3) is 1.99. The van der Waals surface area contributed by atoms with Gasteiger partial charge < -0.3 is 5.32 Å². The molecule has 1 aromatic carbocycles. The number of benzene rings is 1. The molecular formula is C13H14N2. The van der Waals surface area contributed by atoms with Crippen molar-refractivity contribution >= 4 is 5.69 Å². The molecule has 0 radical (unpaired) electrons. The predicted octanol–water partition coefficient (Wildman–Crippen LogP) is 3.10. The van der Waals surface area contributed by atoms with E-state index < -0.39 is 0 Å². The minimum Gasteiger partial charge on any atom is -0.388 e. The maximum absolute atomic E-state index is 4.29. The molecule has 1 heterocycles. The van der Waals surface area contributed by atoms with Crippen LogP contribution < -0.4 is 5.32 Å². The first kappa shape index (κ1) is 9.71. The summed E-state index contributed by atoms with van der Waals surface area (Å²) in [6, 6.07) is 12.4. The van der Waals surface area contributed by atoms with E-state index in [1.54, 1.807) is 0 Å². The summed E-state index contributed by atoms with van der Waals surface area (Å²) in [5, 5.41) is 3.14. The zero-order valence-corrected chi connectivity index (χ0v) is 8.99. The van der Waals surface area contributed by atoms with Crippen LogP contribution >= 0.6 is 0 Å². The molecule has 76 valence electrons. The molecule has 0 unspecified atom stereocenters. The summed E-state index contributed by atoms with van der Waals surface area (Å²) in [4.78, 5) is 4.29. The Kier molecular flexibility index (Phi) is 2.68. The molecule has 2 heteroatoms. The van der Waals surface area contributed by atoms with Gasteiger partial charge in [0.25, 0.3) is 0 Å². The largest absolute Gasteiger partial charge is 0.388 e. The molecule has 0 amide bonds. The SMILES string of the molecule is CNc1cccc(-c2cccnc2C)c1. The summed E-state index contributed by atoms with van der Waals surface area (Å²) in [6.07, 6.45) is 1.82. The van der Waals surface area contributed by atoms with Crippen molar-refractivity contribution in [3.05, 3.63) is 48.3 Å². The molecule has 2 nitrogen and oxygen atoms in total. The van der Waals surface area contributed by atoms with Crippen molar-refractivity contribution < 1.29 is 0 Å². The van der Waals surface area contributed by atoms with E-state index in [4.69, 9.17) is 0 Å². The second kappa shape index (κ2) is 4.13. The number of anilines is 1. The summed E-state index contributed by atoms with van der Waals surface area (Å²) in [7, 11) is 1.93. The van der Waals surface area contributed by atoms with Gasteiger partial charge in [-0.25, -0.2) is 0 Å². The average Bonchev–Trinajstić information content (AvgIpc) is 2.30. The Morgan fingerprint density at radius 1 is 1.13 bits per heavy atom. The smallest absolute Gasteiger partial charge is 0.0450 e. The Morgan fingerprint density at radius 3 is 2.73 bits per heavy atom. The van der Waals surface area contributed by atoms with E-state index in [0.29, 0.717) is 0 Å². The van der Waals surface area contributed by atoms with Crippen molar-refractivity contribution in [3.8, 4) is 11.1 Å². The van der Waals surface area contributed by atoms with Crippen LogP contribution in [0.1, 0.15) is 5.69 Å². The second-order valence-electron chi connectivity index (χ2n) is 3.47. The molecular weight excluding hydrogens is 184 g/mol. The van der Waals surface area contributed by atoms with Crippen molar-refractivity contribution in [2.24, 2.45) is 0 Å². The number of nitrogens with zero attached hydrogens (tertiary/aromatic N) is 1. The number of hydrogen-bond acceptors (Lipinski definition) is 2. The van der Waals surface area contributed by atoms with Gasteiger partial charge in [-0.15, -0.1) is 0 Å². The van der Waals surface area contributed by atoms with Gasteiger partial charge in [0.2, 0.25) is 0 Å². The number of aryl methyl sites for hydroxylation is 1. The van der Waals surface area contributed by atoms with E-state index in [9.17, 15) is 0 Å². The maximum atomic E-state index is 4.29. The van der Waals surface area contributed by atoms with E-state index >= 15 is 0 Å². The molecule has 0 saturated heterocycles. The lowest BCUT2D eigenvalue weighted by Gasteiger charge is -2.06. The zero-order chi connectivity index (χ0) is 10.7. The summed E-state index contributed by atoms with van der Waals surface area (Å²) >= 11 is 0. The summed E-state index contributed by atoms with van der Waals surface area (Å²) in [5.41, 5.74) is 4.57. The highest BCUT2D eigenvalue weighted by Gasteiger charge is 2.01. The average molecular weight is 198 g/mol. The van der Waals surface area contributed by atoms with Gasteiger partial charge >= 0.3 is 0 Å². The fourth-order valence-corrected chi connectivity index (χ4v) is 1.63. The van der Waals surface area contributed by atoms with Crippen LogP contribution in [-0.4, -0.2) is 12.0 Å². The Labute approximate surface area is 90.0 Å². The summed E-state index contributed by atoms with van der Waals surface area (Å²) < 4.78 is 0. The fraction of sp³-hybridized carbons (Fsp3) is 0.154. The van der Waals surface area contributed by atoms with Crippen LogP contribution in [0.2, 0.25) is 0 Å². The van der Waals surface area contributed by atoms with Crippen LogP contribution in [0.25, 0.3) is 11.1 Å². The lowest BCUT2D eigenvalue weighted by molar-refractivity contribution is 1.20. The lowest BCUT2D eigenvalue weighted by atomic mass is 10.0. The van der Waals surface area contributed by atoms with E-state index in [1.807, 2.05) is 32.3 Å². The number of nitrogens with one attached hydrogen (secondary N) is 1. The monoisotopic (exact) mass is 198 g/mol. The molecule has 15 heavy (non-hydrogen) atoms. The number of hydrogen-bond donors (Lipinski definition) is 1. The van der Waals surface area contributed by atoms with E-state index in [1.165, 1.54) is 11.1 Å². The van der Waals surface area contributed by atoms with Gasteiger partial charge in [-0.1, -0.05) is 18.2 Å². The minimum absolute atomic E-state index is 1.06. The van der Waals surface area contributed by atoms with Crippen molar-refractivity contribution in [1.29, 1.82) is 0 Å². The predicted molar refractivity (Wildman–Crippen MR) is 64.0 cm³/mol. The first-order valence-corrected chi connectivity index (χ1v) is 5.01. The molecule has 1 N–H and O–H groups in total. The molecule has 0 aliphatic heterocycles. The van der Waals surface area contributed by atoms with Crippen molar-refractivity contribution in [1.82, 2.24) is 4.98 Å². The molecule has 0 aliphatic carbocycles. The first-order valence-electron chi connectivity index (χ1n) is 5.01. The quantitative estimate of drug-likeness (QED) is 0.802. The molecule has 1 aromatic heterocycles. The van der Waals surface area contributed by atoms with Gasteiger partial charge in [0.15, 0.2) is 0 Å².